The Morgan fingerprint density at radius 2 is 2.05 bits per heavy atom. The zero-order chi connectivity index (χ0) is 14.4. The van der Waals surface area contributed by atoms with E-state index >= 15 is 0 Å². The van der Waals surface area contributed by atoms with Crippen molar-refractivity contribution < 1.29 is 14.3 Å². The fourth-order valence-electron chi connectivity index (χ4n) is 1.51. The van der Waals surface area contributed by atoms with Crippen molar-refractivity contribution in [2.45, 2.75) is 6.92 Å². The van der Waals surface area contributed by atoms with Gasteiger partial charge < -0.3 is 14.8 Å². The number of anilines is 1. The van der Waals surface area contributed by atoms with Crippen LogP contribution < -0.4 is 14.8 Å². The number of methoxy groups -OCH3 is 1. The van der Waals surface area contributed by atoms with Gasteiger partial charge >= 0.3 is 6.01 Å². The number of carbonyl (C=O) groups excluding carboxylic acids is 1. The van der Waals surface area contributed by atoms with Crippen LogP contribution in [0.1, 0.15) is 17.3 Å². The second-order valence-electron chi connectivity index (χ2n) is 3.70. The minimum atomic E-state index is -0.345. The first-order valence-corrected chi connectivity index (χ1v) is 5.99. The Balaban J connectivity index is 2.11. The Bertz CT molecular complexity index is 586. The normalized spacial score (nSPS) is 9.90. The molecule has 1 N–H and O–H groups in total. The lowest BCUT2D eigenvalue weighted by Gasteiger charge is -2.08. The Labute approximate surface area is 116 Å². The predicted octanol–water partition coefficient (Wildman–Crippen LogP) is 1.53. The highest BCUT2D eigenvalue weighted by Crippen LogP contribution is 2.16. The fraction of sp³-hybridized carbons (Fsp3) is 0.231. The first-order valence-electron chi connectivity index (χ1n) is 5.99. The average molecular weight is 274 g/mol. The molecule has 0 aliphatic carbocycles. The largest absolute Gasteiger partial charge is 0.480 e. The van der Waals surface area contributed by atoms with Crippen LogP contribution in [0.4, 0.5) is 5.69 Å². The van der Waals surface area contributed by atoms with E-state index in [1.54, 1.807) is 18.3 Å². The molecular formula is C13H14N4O3. The maximum atomic E-state index is 12.1. The van der Waals surface area contributed by atoms with Crippen LogP contribution in [0, 0.1) is 0 Å². The number of amides is 1. The van der Waals surface area contributed by atoms with E-state index in [-0.39, 0.29) is 17.8 Å². The predicted molar refractivity (Wildman–Crippen MR) is 71.9 cm³/mol. The number of pyridine rings is 1. The third kappa shape index (κ3) is 3.19. The lowest BCUT2D eigenvalue weighted by atomic mass is 10.2. The molecule has 0 spiro atoms. The topological polar surface area (TPSA) is 86.2 Å². The third-order valence-corrected chi connectivity index (χ3v) is 2.37. The summed E-state index contributed by atoms with van der Waals surface area (Å²) in [4.78, 5) is 24.0. The van der Waals surface area contributed by atoms with Crippen molar-refractivity contribution in [1.29, 1.82) is 0 Å². The van der Waals surface area contributed by atoms with E-state index in [1.807, 2.05) is 6.92 Å². The second-order valence-corrected chi connectivity index (χ2v) is 3.70. The van der Waals surface area contributed by atoms with Gasteiger partial charge in [0.2, 0.25) is 5.88 Å². The Hall–Kier alpha value is -2.70. The molecular weight excluding hydrogens is 260 g/mol. The van der Waals surface area contributed by atoms with Crippen molar-refractivity contribution in [2.75, 3.05) is 19.0 Å². The molecule has 0 aromatic carbocycles. The van der Waals surface area contributed by atoms with Crippen LogP contribution in [0.2, 0.25) is 0 Å². The molecule has 20 heavy (non-hydrogen) atoms. The van der Waals surface area contributed by atoms with E-state index in [1.165, 1.54) is 19.5 Å². The van der Waals surface area contributed by atoms with Gasteiger partial charge in [0.25, 0.3) is 5.91 Å². The van der Waals surface area contributed by atoms with E-state index in [0.29, 0.717) is 17.9 Å². The SMILES string of the molecule is CCOc1ncc(NC(=O)c2cccnc2OC)cn1. The number of carbonyl (C=O) groups is 1. The van der Waals surface area contributed by atoms with Crippen LogP contribution in [0.15, 0.2) is 30.7 Å². The van der Waals surface area contributed by atoms with Crippen molar-refractivity contribution >= 4 is 11.6 Å². The minimum Gasteiger partial charge on any atom is -0.480 e. The van der Waals surface area contributed by atoms with Crippen molar-refractivity contribution in [1.82, 2.24) is 15.0 Å². The summed E-state index contributed by atoms with van der Waals surface area (Å²) in [6.45, 7) is 2.33. The molecule has 0 saturated heterocycles. The monoisotopic (exact) mass is 274 g/mol. The van der Waals surface area contributed by atoms with Gasteiger partial charge in [-0.05, 0) is 19.1 Å². The summed E-state index contributed by atoms with van der Waals surface area (Å²) < 4.78 is 10.2. The van der Waals surface area contributed by atoms with E-state index < -0.39 is 0 Å². The number of hydrogen-bond donors (Lipinski definition) is 1. The molecule has 0 unspecified atom stereocenters. The summed E-state index contributed by atoms with van der Waals surface area (Å²) in [6.07, 6.45) is 4.49. The maximum Gasteiger partial charge on any atom is 0.316 e. The molecule has 2 aromatic heterocycles. The zero-order valence-corrected chi connectivity index (χ0v) is 11.2. The summed E-state index contributed by atoms with van der Waals surface area (Å²) in [5, 5.41) is 2.66. The van der Waals surface area contributed by atoms with Gasteiger partial charge in [-0.3, -0.25) is 4.79 Å². The van der Waals surface area contributed by atoms with Crippen LogP contribution in [0.5, 0.6) is 11.9 Å². The van der Waals surface area contributed by atoms with Gasteiger partial charge in [-0.25, -0.2) is 15.0 Å². The number of hydrogen-bond acceptors (Lipinski definition) is 6. The molecule has 0 aliphatic heterocycles. The average Bonchev–Trinajstić information content (AvgIpc) is 2.49. The molecule has 0 atom stereocenters. The van der Waals surface area contributed by atoms with Crippen molar-refractivity contribution in [3.05, 3.63) is 36.3 Å². The molecule has 7 nitrogen and oxygen atoms in total. The van der Waals surface area contributed by atoms with Crippen LogP contribution in [0.25, 0.3) is 0 Å². The van der Waals surface area contributed by atoms with Gasteiger partial charge in [0.05, 0.1) is 31.8 Å². The number of nitrogens with zero attached hydrogens (tertiary/aromatic N) is 3. The third-order valence-electron chi connectivity index (χ3n) is 2.37. The number of ether oxygens (including phenoxy) is 2. The van der Waals surface area contributed by atoms with Crippen LogP contribution in [-0.2, 0) is 0 Å². The van der Waals surface area contributed by atoms with E-state index in [4.69, 9.17) is 9.47 Å². The number of nitrogens with one attached hydrogen (secondary N) is 1. The number of rotatable bonds is 5. The Morgan fingerprint density at radius 1 is 1.30 bits per heavy atom. The molecule has 0 aliphatic rings. The van der Waals surface area contributed by atoms with Crippen molar-refractivity contribution in [2.24, 2.45) is 0 Å². The fourth-order valence-corrected chi connectivity index (χ4v) is 1.51. The van der Waals surface area contributed by atoms with Crippen LogP contribution in [0.3, 0.4) is 0 Å². The maximum absolute atomic E-state index is 12.1. The molecule has 7 heteroatoms. The first-order chi connectivity index (χ1) is 9.74. The summed E-state index contributed by atoms with van der Waals surface area (Å²) in [5.74, 6) is -0.0837. The molecule has 0 fully saturated rings. The van der Waals surface area contributed by atoms with Crippen molar-refractivity contribution in [3.8, 4) is 11.9 Å². The van der Waals surface area contributed by atoms with E-state index in [2.05, 4.69) is 20.3 Å². The van der Waals surface area contributed by atoms with Gasteiger partial charge in [0.15, 0.2) is 0 Å². The molecule has 0 bridgehead atoms. The summed E-state index contributed by atoms with van der Waals surface area (Å²) in [5.41, 5.74) is 0.799. The molecule has 0 radical (unpaired) electrons. The second kappa shape index (κ2) is 6.46. The summed E-state index contributed by atoms with van der Waals surface area (Å²) in [7, 11) is 1.46. The van der Waals surface area contributed by atoms with Gasteiger partial charge in [-0.2, -0.15) is 0 Å². The quantitative estimate of drug-likeness (QED) is 0.889. The highest BCUT2D eigenvalue weighted by atomic mass is 16.5. The molecule has 104 valence electrons. The highest BCUT2D eigenvalue weighted by Gasteiger charge is 2.13. The van der Waals surface area contributed by atoms with E-state index in [0.717, 1.165) is 0 Å². The van der Waals surface area contributed by atoms with Crippen LogP contribution in [-0.4, -0.2) is 34.6 Å². The lowest BCUT2D eigenvalue weighted by Crippen LogP contribution is -2.14. The summed E-state index contributed by atoms with van der Waals surface area (Å²) >= 11 is 0. The first kappa shape index (κ1) is 13.7. The zero-order valence-electron chi connectivity index (χ0n) is 11.2. The Kier molecular flexibility index (Phi) is 4.43. The molecule has 1 amide bonds. The van der Waals surface area contributed by atoms with Gasteiger partial charge in [0.1, 0.15) is 5.56 Å². The van der Waals surface area contributed by atoms with Crippen LogP contribution >= 0.6 is 0 Å². The van der Waals surface area contributed by atoms with E-state index in [9.17, 15) is 4.79 Å². The van der Waals surface area contributed by atoms with Gasteiger partial charge in [-0.1, -0.05) is 0 Å². The van der Waals surface area contributed by atoms with Gasteiger partial charge in [-0.15, -0.1) is 0 Å². The molecule has 2 aromatic rings. The smallest absolute Gasteiger partial charge is 0.316 e. The lowest BCUT2D eigenvalue weighted by molar-refractivity contribution is 0.102. The molecule has 2 heterocycles. The minimum absolute atomic E-state index is 0.261. The molecule has 2 rings (SSSR count). The molecule has 0 saturated carbocycles. The summed E-state index contributed by atoms with van der Waals surface area (Å²) in [6, 6.07) is 3.55. The number of aromatic nitrogens is 3. The standard InChI is InChI=1S/C13H14N4O3/c1-3-20-13-15-7-9(8-16-13)17-11(18)10-5-4-6-14-12(10)19-2/h4-8H,3H2,1-2H3,(H,17,18). The van der Waals surface area contributed by atoms with Gasteiger partial charge in [0, 0.05) is 6.20 Å². The Morgan fingerprint density at radius 3 is 2.70 bits per heavy atom. The van der Waals surface area contributed by atoms with Crippen molar-refractivity contribution in [3.63, 3.8) is 0 Å². The highest BCUT2D eigenvalue weighted by molar-refractivity contribution is 6.05.